The fraction of sp³-hybridized carbons (Fsp3) is 0.600. The summed E-state index contributed by atoms with van der Waals surface area (Å²) in [5, 5.41) is 11.9. The highest BCUT2D eigenvalue weighted by molar-refractivity contribution is 5.82. The van der Waals surface area contributed by atoms with Gasteiger partial charge in [0.1, 0.15) is 6.10 Å². The number of hydrogen-bond donors (Lipinski definition) is 2. The van der Waals surface area contributed by atoms with Gasteiger partial charge in [0, 0.05) is 12.0 Å². The molecule has 1 aliphatic rings. The highest BCUT2D eigenvalue weighted by Crippen LogP contribution is 2.27. The Morgan fingerprint density at radius 2 is 1.56 bits per heavy atom. The molecule has 5 heteroatoms. The molecular formula is C20H29NO4. The Morgan fingerprint density at radius 3 is 2.04 bits per heavy atom. The minimum atomic E-state index is -1.01. The molecule has 0 unspecified atom stereocenters. The van der Waals surface area contributed by atoms with Gasteiger partial charge in [0.25, 0.3) is 0 Å². The SMILES string of the molecule is CC(C)(C)c1ccc(C(C)(C)CNC(=O)[C@@H]2CC[C@H](C(=O)O)O2)cc1. The van der Waals surface area contributed by atoms with E-state index in [0.717, 1.165) is 5.56 Å². The third kappa shape index (κ3) is 4.82. The zero-order chi connectivity index (χ0) is 18.8. The molecule has 2 atom stereocenters. The van der Waals surface area contributed by atoms with Crippen LogP contribution in [-0.2, 0) is 25.2 Å². The number of carbonyl (C=O) groups excluding carboxylic acids is 1. The minimum Gasteiger partial charge on any atom is -0.479 e. The summed E-state index contributed by atoms with van der Waals surface area (Å²) in [4.78, 5) is 23.2. The summed E-state index contributed by atoms with van der Waals surface area (Å²) < 4.78 is 5.30. The quantitative estimate of drug-likeness (QED) is 0.858. The molecule has 1 amide bonds. The fourth-order valence-electron chi connectivity index (χ4n) is 2.96. The van der Waals surface area contributed by atoms with E-state index < -0.39 is 18.2 Å². The number of carboxylic acid groups (broad SMARTS) is 1. The lowest BCUT2D eigenvalue weighted by atomic mass is 9.81. The maximum Gasteiger partial charge on any atom is 0.332 e. The van der Waals surface area contributed by atoms with Crippen molar-refractivity contribution in [3.05, 3.63) is 35.4 Å². The van der Waals surface area contributed by atoms with E-state index in [1.54, 1.807) is 0 Å². The van der Waals surface area contributed by atoms with E-state index in [9.17, 15) is 9.59 Å². The van der Waals surface area contributed by atoms with Gasteiger partial charge in [-0.2, -0.15) is 0 Å². The monoisotopic (exact) mass is 347 g/mol. The van der Waals surface area contributed by atoms with Gasteiger partial charge in [0.15, 0.2) is 6.10 Å². The molecule has 2 N–H and O–H groups in total. The predicted octanol–water partition coefficient (Wildman–Crippen LogP) is 3.01. The Kier molecular flexibility index (Phi) is 5.57. The van der Waals surface area contributed by atoms with Crippen molar-refractivity contribution in [3.63, 3.8) is 0 Å². The van der Waals surface area contributed by atoms with Gasteiger partial charge in [0.05, 0.1) is 0 Å². The molecule has 1 saturated heterocycles. The number of hydrogen-bond acceptors (Lipinski definition) is 3. The second kappa shape index (κ2) is 7.16. The lowest BCUT2D eigenvalue weighted by molar-refractivity contribution is -0.151. The average molecular weight is 347 g/mol. The van der Waals surface area contributed by atoms with Crippen molar-refractivity contribution in [3.8, 4) is 0 Å². The number of rotatable bonds is 5. The van der Waals surface area contributed by atoms with E-state index in [1.165, 1.54) is 5.56 Å². The topological polar surface area (TPSA) is 75.6 Å². The van der Waals surface area contributed by atoms with Crippen LogP contribution >= 0.6 is 0 Å². The molecule has 1 heterocycles. The third-order valence-corrected chi connectivity index (χ3v) is 4.82. The lowest BCUT2D eigenvalue weighted by Crippen LogP contribution is -2.42. The molecule has 0 saturated carbocycles. The van der Waals surface area contributed by atoms with Gasteiger partial charge in [-0.3, -0.25) is 4.79 Å². The van der Waals surface area contributed by atoms with Crippen molar-refractivity contribution in [1.29, 1.82) is 0 Å². The second-order valence-corrected chi connectivity index (χ2v) is 8.46. The van der Waals surface area contributed by atoms with Crippen LogP contribution < -0.4 is 5.32 Å². The maximum atomic E-state index is 12.2. The molecule has 2 rings (SSSR count). The van der Waals surface area contributed by atoms with Gasteiger partial charge in [-0.05, 0) is 29.4 Å². The van der Waals surface area contributed by atoms with E-state index in [-0.39, 0.29) is 16.7 Å². The predicted molar refractivity (Wildman–Crippen MR) is 96.7 cm³/mol. The Balaban J connectivity index is 1.95. The van der Waals surface area contributed by atoms with Crippen LogP contribution in [-0.4, -0.2) is 35.7 Å². The van der Waals surface area contributed by atoms with Crippen molar-refractivity contribution < 1.29 is 19.4 Å². The maximum absolute atomic E-state index is 12.2. The Morgan fingerprint density at radius 1 is 1.04 bits per heavy atom. The van der Waals surface area contributed by atoms with Crippen LogP contribution in [0, 0.1) is 0 Å². The molecule has 0 bridgehead atoms. The first-order chi connectivity index (χ1) is 11.5. The van der Waals surface area contributed by atoms with Crippen LogP contribution in [0.15, 0.2) is 24.3 Å². The van der Waals surface area contributed by atoms with Crippen molar-refractivity contribution in [2.24, 2.45) is 0 Å². The van der Waals surface area contributed by atoms with Crippen molar-refractivity contribution in [1.82, 2.24) is 5.32 Å². The highest BCUT2D eigenvalue weighted by Gasteiger charge is 2.35. The number of carboxylic acids is 1. The highest BCUT2D eigenvalue weighted by atomic mass is 16.5. The molecule has 1 fully saturated rings. The minimum absolute atomic E-state index is 0.109. The molecule has 0 radical (unpaired) electrons. The first kappa shape index (κ1) is 19.4. The smallest absolute Gasteiger partial charge is 0.332 e. The molecule has 25 heavy (non-hydrogen) atoms. The number of ether oxygens (including phenoxy) is 1. The molecule has 138 valence electrons. The van der Waals surface area contributed by atoms with E-state index in [0.29, 0.717) is 19.4 Å². The molecule has 1 aromatic rings. The van der Waals surface area contributed by atoms with Crippen LogP contribution in [0.2, 0.25) is 0 Å². The summed E-state index contributed by atoms with van der Waals surface area (Å²) in [7, 11) is 0. The van der Waals surface area contributed by atoms with Crippen molar-refractivity contribution >= 4 is 11.9 Å². The van der Waals surface area contributed by atoms with E-state index in [1.807, 2.05) is 0 Å². The van der Waals surface area contributed by atoms with Crippen LogP contribution in [0.4, 0.5) is 0 Å². The zero-order valence-electron chi connectivity index (χ0n) is 15.8. The van der Waals surface area contributed by atoms with Gasteiger partial charge < -0.3 is 15.2 Å². The normalized spacial score (nSPS) is 21.2. The average Bonchev–Trinajstić information content (AvgIpc) is 3.02. The van der Waals surface area contributed by atoms with Crippen LogP contribution in [0.1, 0.15) is 58.6 Å². The van der Waals surface area contributed by atoms with Gasteiger partial charge in [-0.25, -0.2) is 4.79 Å². The van der Waals surface area contributed by atoms with Gasteiger partial charge in [-0.1, -0.05) is 58.9 Å². The second-order valence-electron chi connectivity index (χ2n) is 8.46. The van der Waals surface area contributed by atoms with Crippen LogP contribution in [0.3, 0.4) is 0 Å². The van der Waals surface area contributed by atoms with Crippen LogP contribution in [0.5, 0.6) is 0 Å². The summed E-state index contributed by atoms with van der Waals surface area (Å²) in [5.41, 5.74) is 2.31. The van der Waals surface area contributed by atoms with E-state index in [2.05, 4.69) is 64.2 Å². The van der Waals surface area contributed by atoms with Gasteiger partial charge >= 0.3 is 5.97 Å². The first-order valence-electron chi connectivity index (χ1n) is 8.78. The summed E-state index contributed by atoms with van der Waals surface area (Å²) in [6.07, 6.45) is -0.705. The summed E-state index contributed by atoms with van der Waals surface area (Å²) >= 11 is 0. The summed E-state index contributed by atoms with van der Waals surface area (Å²) in [6, 6.07) is 8.49. The van der Waals surface area contributed by atoms with Crippen molar-refractivity contribution in [2.75, 3.05) is 6.54 Å². The Hall–Kier alpha value is -1.88. The number of amides is 1. The molecule has 1 aliphatic heterocycles. The molecular weight excluding hydrogens is 318 g/mol. The third-order valence-electron chi connectivity index (χ3n) is 4.82. The van der Waals surface area contributed by atoms with Crippen LogP contribution in [0.25, 0.3) is 0 Å². The fourth-order valence-corrected chi connectivity index (χ4v) is 2.96. The molecule has 0 aliphatic carbocycles. The van der Waals surface area contributed by atoms with E-state index >= 15 is 0 Å². The summed E-state index contributed by atoms with van der Waals surface area (Å²) in [6.45, 7) is 11.2. The molecule has 0 aromatic heterocycles. The Bertz CT molecular complexity index is 628. The van der Waals surface area contributed by atoms with Gasteiger partial charge in [-0.15, -0.1) is 0 Å². The largest absolute Gasteiger partial charge is 0.479 e. The molecule has 1 aromatic carbocycles. The first-order valence-corrected chi connectivity index (χ1v) is 8.78. The number of carbonyl (C=O) groups is 2. The molecule has 5 nitrogen and oxygen atoms in total. The zero-order valence-corrected chi connectivity index (χ0v) is 15.8. The summed E-state index contributed by atoms with van der Waals surface area (Å²) in [5.74, 6) is -1.24. The lowest BCUT2D eigenvalue weighted by Gasteiger charge is -2.28. The van der Waals surface area contributed by atoms with Gasteiger partial charge in [0.2, 0.25) is 5.91 Å². The Labute approximate surface area is 149 Å². The molecule has 0 spiro atoms. The number of aliphatic carboxylic acids is 1. The number of nitrogens with one attached hydrogen (secondary N) is 1. The number of benzene rings is 1. The standard InChI is InChI=1S/C20H29NO4/c1-19(2,3)13-6-8-14(9-7-13)20(4,5)12-21-17(22)15-10-11-16(25-15)18(23)24/h6-9,15-16H,10-12H2,1-5H3,(H,21,22)(H,23,24)/t15-,16+/m0/s1. The van der Waals surface area contributed by atoms with E-state index in [4.69, 9.17) is 9.84 Å². The van der Waals surface area contributed by atoms with Crippen molar-refractivity contribution in [2.45, 2.75) is 70.5 Å².